The second-order valence-electron chi connectivity index (χ2n) is 7.99. The van der Waals surface area contributed by atoms with Crippen LogP contribution in [0.3, 0.4) is 0 Å². The van der Waals surface area contributed by atoms with Gasteiger partial charge in [-0.2, -0.15) is 0 Å². The Morgan fingerprint density at radius 3 is 2.76 bits per heavy atom. The summed E-state index contributed by atoms with van der Waals surface area (Å²) in [6.45, 7) is 9.93. The first-order chi connectivity index (χ1) is 12.2. The smallest absolute Gasteiger partial charge is 0.226 e. The maximum atomic E-state index is 13.0. The Balaban J connectivity index is 1.40. The fourth-order valence-electron chi connectivity index (χ4n) is 4.73. The molecule has 2 heterocycles. The Labute approximate surface area is 151 Å². The van der Waals surface area contributed by atoms with Gasteiger partial charge in [0.2, 0.25) is 5.91 Å². The van der Waals surface area contributed by atoms with Crippen LogP contribution < -0.4 is 0 Å². The predicted octanol–water partition coefficient (Wildman–Crippen LogP) is 2.67. The number of nitrogens with zero attached hydrogens (tertiary/aromatic N) is 2. The van der Waals surface area contributed by atoms with Crippen LogP contribution in [0.25, 0.3) is 0 Å². The second kappa shape index (κ2) is 7.08. The van der Waals surface area contributed by atoms with Gasteiger partial charge in [0, 0.05) is 38.1 Å². The molecule has 0 N–H and O–H groups in total. The van der Waals surface area contributed by atoms with Crippen molar-refractivity contribution in [2.75, 3.05) is 39.4 Å². The van der Waals surface area contributed by atoms with Gasteiger partial charge >= 0.3 is 0 Å². The van der Waals surface area contributed by atoms with Crippen molar-refractivity contribution in [1.29, 1.82) is 0 Å². The summed E-state index contributed by atoms with van der Waals surface area (Å²) in [7, 11) is 0. The summed E-state index contributed by atoms with van der Waals surface area (Å²) in [4.78, 5) is 17.8. The molecule has 0 radical (unpaired) electrons. The average Bonchev–Trinajstić information content (AvgIpc) is 3.33. The summed E-state index contributed by atoms with van der Waals surface area (Å²) in [6, 6.07) is 9.19. The first kappa shape index (κ1) is 17.0. The monoisotopic (exact) mass is 342 g/mol. The van der Waals surface area contributed by atoms with Crippen LogP contribution in [0.1, 0.15) is 36.8 Å². The number of hydrogen-bond acceptors (Lipinski definition) is 3. The molecule has 0 bridgehead atoms. The molecular weight excluding hydrogens is 312 g/mol. The number of rotatable bonds is 4. The number of benzene rings is 1. The highest BCUT2D eigenvalue weighted by Gasteiger charge is 2.48. The lowest BCUT2D eigenvalue weighted by molar-refractivity contribution is -0.132. The van der Waals surface area contributed by atoms with Crippen LogP contribution in [0.15, 0.2) is 24.3 Å². The van der Waals surface area contributed by atoms with E-state index in [0.717, 1.165) is 52.2 Å². The highest BCUT2D eigenvalue weighted by molar-refractivity contribution is 5.83. The zero-order valence-corrected chi connectivity index (χ0v) is 15.5. The lowest BCUT2D eigenvalue weighted by Crippen LogP contribution is -2.47. The standard InChI is InChI=1S/C21H30N2O2/c1-3-16-13-23(14-20(16)22-7-9-25-10-8-22)21(24)19-12-18(19)17-6-4-5-15(2)11-17/h4-6,11,16,18-20H,3,7-10,12-14H2,1-2H3/t16-,18-,19-,20-/m1/s1. The van der Waals surface area contributed by atoms with Crippen molar-refractivity contribution >= 4 is 5.91 Å². The lowest BCUT2D eigenvalue weighted by Gasteiger charge is -2.34. The van der Waals surface area contributed by atoms with E-state index in [4.69, 9.17) is 4.74 Å². The molecule has 136 valence electrons. The maximum Gasteiger partial charge on any atom is 0.226 e. The number of carbonyl (C=O) groups excluding carboxylic acids is 1. The van der Waals surface area contributed by atoms with Crippen LogP contribution in [0.2, 0.25) is 0 Å². The number of aryl methyl sites for hydroxylation is 1. The highest BCUT2D eigenvalue weighted by atomic mass is 16.5. The van der Waals surface area contributed by atoms with E-state index < -0.39 is 0 Å². The molecule has 0 spiro atoms. The van der Waals surface area contributed by atoms with Gasteiger partial charge in [0.05, 0.1) is 13.2 Å². The minimum atomic E-state index is 0.211. The first-order valence-corrected chi connectivity index (χ1v) is 9.84. The van der Waals surface area contributed by atoms with Crippen molar-refractivity contribution in [3.8, 4) is 0 Å². The van der Waals surface area contributed by atoms with Gasteiger partial charge in [-0.25, -0.2) is 0 Å². The van der Waals surface area contributed by atoms with Gasteiger partial charge < -0.3 is 9.64 Å². The molecule has 4 nitrogen and oxygen atoms in total. The summed E-state index contributed by atoms with van der Waals surface area (Å²) in [5.41, 5.74) is 2.63. The SMILES string of the molecule is CC[C@@H]1CN(C(=O)[C@@H]2C[C@@H]2c2cccc(C)c2)C[C@H]1N1CCOCC1. The van der Waals surface area contributed by atoms with Crippen molar-refractivity contribution < 1.29 is 9.53 Å². The number of hydrogen-bond donors (Lipinski definition) is 0. The predicted molar refractivity (Wildman–Crippen MR) is 98.6 cm³/mol. The molecule has 3 fully saturated rings. The minimum absolute atomic E-state index is 0.211. The quantitative estimate of drug-likeness (QED) is 0.843. The number of carbonyl (C=O) groups is 1. The van der Waals surface area contributed by atoms with Gasteiger partial charge in [-0.3, -0.25) is 9.69 Å². The molecule has 3 aliphatic rings. The maximum absolute atomic E-state index is 13.0. The van der Waals surface area contributed by atoms with Crippen LogP contribution in [-0.4, -0.2) is 61.1 Å². The molecule has 25 heavy (non-hydrogen) atoms. The number of ether oxygens (including phenoxy) is 1. The average molecular weight is 342 g/mol. The molecule has 2 saturated heterocycles. The Kier molecular flexibility index (Phi) is 4.83. The summed E-state index contributed by atoms with van der Waals surface area (Å²) >= 11 is 0. The van der Waals surface area contributed by atoms with E-state index in [2.05, 4.69) is 47.9 Å². The van der Waals surface area contributed by atoms with E-state index in [1.807, 2.05) is 0 Å². The van der Waals surface area contributed by atoms with Crippen molar-refractivity contribution in [1.82, 2.24) is 9.80 Å². The van der Waals surface area contributed by atoms with Crippen molar-refractivity contribution in [3.63, 3.8) is 0 Å². The van der Waals surface area contributed by atoms with Gasteiger partial charge in [-0.15, -0.1) is 0 Å². The molecule has 0 aromatic heterocycles. The third kappa shape index (κ3) is 3.47. The number of likely N-dealkylation sites (tertiary alicyclic amines) is 1. The Hall–Kier alpha value is -1.39. The molecule has 4 rings (SSSR count). The highest BCUT2D eigenvalue weighted by Crippen LogP contribution is 2.49. The Morgan fingerprint density at radius 2 is 2.04 bits per heavy atom. The molecule has 1 aliphatic carbocycles. The van der Waals surface area contributed by atoms with Gasteiger partial charge in [-0.1, -0.05) is 43.2 Å². The van der Waals surface area contributed by atoms with Crippen molar-refractivity contribution in [2.24, 2.45) is 11.8 Å². The van der Waals surface area contributed by atoms with Gasteiger partial charge in [0.25, 0.3) is 0 Å². The third-order valence-corrected chi connectivity index (χ3v) is 6.34. The summed E-state index contributed by atoms with van der Waals surface area (Å²) < 4.78 is 5.50. The molecule has 4 heteroatoms. The lowest BCUT2D eigenvalue weighted by atomic mass is 9.99. The number of amides is 1. The van der Waals surface area contributed by atoms with Gasteiger partial charge in [-0.05, 0) is 30.7 Å². The van der Waals surface area contributed by atoms with Crippen LogP contribution in [0.5, 0.6) is 0 Å². The Bertz CT molecular complexity index is 626. The normalized spacial score (nSPS) is 32.8. The van der Waals surface area contributed by atoms with Crippen molar-refractivity contribution in [3.05, 3.63) is 35.4 Å². The van der Waals surface area contributed by atoms with Crippen LogP contribution in [0.4, 0.5) is 0 Å². The fourth-order valence-corrected chi connectivity index (χ4v) is 4.73. The van der Waals surface area contributed by atoms with E-state index in [1.54, 1.807) is 0 Å². The summed E-state index contributed by atoms with van der Waals surface area (Å²) in [5, 5.41) is 0. The third-order valence-electron chi connectivity index (χ3n) is 6.34. The zero-order chi connectivity index (χ0) is 17.4. The van der Waals surface area contributed by atoms with Crippen LogP contribution in [-0.2, 0) is 9.53 Å². The number of morpholine rings is 1. The molecule has 1 aromatic carbocycles. The fraction of sp³-hybridized carbons (Fsp3) is 0.667. The summed E-state index contributed by atoms with van der Waals surface area (Å²) in [6.07, 6.45) is 2.18. The minimum Gasteiger partial charge on any atom is -0.379 e. The Morgan fingerprint density at radius 1 is 1.24 bits per heavy atom. The topological polar surface area (TPSA) is 32.8 Å². The molecule has 2 aliphatic heterocycles. The molecule has 4 atom stereocenters. The van der Waals surface area contributed by atoms with Crippen LogP contribution >= 0.6 is 0 Å². The molecule has 1 amide bonds. The first-order valence-electron chi connectivity index (χ1n) is 9.84. The molecule has 1 aromatic rings. The van der Waals surface area contributed by atoms with E-state index in [1.165, 1.54) is 11.1 Å². The van der Waals surface area contributed by atoms with E-state index in [-0.39, 0.29) is 5.92 Å². The summed E-state index contributed by atoms with van der Waals surface area (Å²) in [5.74, 6) is 1.65. The van der Waals surface area contributed by atoms with Crippen molar-refractivity contribution in [2.45, 2.75) is 38.6 Å². The molecule has 1 saturated carbocycles. The van der Waals surface area contributed by atoms with E-state index in [9.17, 15) is 4.79 Å². The van der Waals surface area contributed by atoms with E-state index >= 15 is 0 Å². The second-order valence-corrected chi connectivity index (χ2v) is 7.99. The largest absolute Gasteiger partial charge is 0.379 e. The van der Waals surface area contributed by atoms with E-state index in [0.29, 0.717) is 23.8 Å². The van der Waals surface area contributed by atoms with Crippen LogP contribution in [0, 0.1) is 18.8 Å². The van der Waals surface area contributed by atoms with Gasteiger partial charge in [0.15, 0.2) is 0 Å². The zero-order valence-electron chi connectivity index (χ0n) is 15.5. The molecule has 0 unspecified atom stereocenters. The molecular formula is C21H30N2O2. The van der Waals surface area contributed by atoms with Gasteiger partial charge in [0.1, 0.15) is 0 Å².